The van der Waals surface area contributed by atoms with Crippen LogP contribution in [0.2, 0.25) is 0 Å². The minimum Gasteiger partial charge on any atom is -0.389 e. The molecule has 0 saturated heterocycles. The highest BCUT2D eigenvalue weighted by atomic mass is 16.3. The molecule has 132 valence electrons. The quantitative estimate of drug-likeness (QED) is 0.531. The molecule has 0 saturated carbocycles. The van der Waals surface area contributed by atoms with Gasteiger partial charge in [-0.1, -0.05) is 41.0 Å². The fraction of sp³-hybridized carbons (Fsp3) is 0.600. The minimum absolute atomic E-state index is 0.248. The van der Waals surface area contributed by atoms with Crippen LogP contribution in [-0.4, -0.2) is 33.1 Å². The molecule has 0 aromatic rings. The molecule has 0 aromatic carbocycles. The number of allylic oxidation sites excluding steroid dienone is 3. The Bertz CT molecular complexity index is 452. The van der Waals surface area contributed by atoms with Gasteiger partial charge in [0, 0.05) is 6.42 Å². The Labute approximate surface area is 141 Å². The molecular weight excluding hydrogens is 288 g/mol. The molecule has 3 heteroatoms. The van der Waals surface area contributed by atoms with Crippen LogP contribution in [0.3, 0.4) is 0 Å². The van der Waals surface area contributed by atoms with Crippen molar-refractivity contribution < 1.29 is 15.3 Å². The van der Waals surface area contributed by atoms with Crippen LogP contribution in [0.5, 0.6) is 0 Å². The first kappa shape index (κ1) is 21.8. The fourth-order valence-electron chi connectivity index (χ4n) is 2.38. The van der Waals surface area contributed by atoms with Crippen LogP contribution >= 0.6 is 0 Å². The zero-order valence-electron chi connectivity index (χ0n) is 15.3. The standard InChI is InChI=1S/C20H34O3/c1-7-20(6,23)14-19(22)13-17(5)10-8-9-16(4)12-18(21)11-15(2)3/h7,9,11,13,18-19,21-23H,1,8,10,12,14H2,2-6H3/b16-9+,17-13+/t18-,19-,20+/m0/s1. The Kier molecular flexibility index (Phi) is 10.1. The Morgan fingerprint density at radius 3 is 2.17 bits per heavy atom. The van der Waals surface area contributed by atoms with E-state index in [0.29, 0.717) is 6.42 Å². The lowest BCUT2D eigenvalue weighted by atomic mass is 9.97. The average Bonchev–Trinajstić information content (AvgIpc) is 2.36. The van der Waals surface area contributed by atoms with Gasteiger partial charge in [-0.05, 0) is 53.9 Å². The average molecular weight is 322 g/mol. The van der Waals surface area contributed by atoms with Crippen LogP contribution in [0.4, 0.5) is 0 Å². The molecule has 0 spiro atoms. The van der Waals surface area contributed by atoms with Crippen molar-refractivity contribution in [2.45, 2.75) is 78.1 Å². The van der Waals surface area contributed by atoms with E-state index >= 15 is 0 Å². The first-order valence-corrected chi connectivity index (χ1v) is 8.26. The maximum absolute atomic E-state index is 9.96. The fourth-order valence-corrected chi connectivity index (χ4v) is 2.38. The van der Waals surface area contributed by atoms with Gasteiger partial charge in [-0.25, -0.2) is 0 Å². The van der Waals surface area contributed by atoms with E-state index in [1.807, 2.05) is 33.8 Å². The lowest BCUT2D eigenvalue weighted by Gasteiger charge is -2.20. The van der Waals surface area contributed by atoms with E-state index in [2.05, 4.69) is 12.7 Å². The van der Waals surface area contributed by atoms with Crippen molar-refractivity contribution in [1.29, 1.82) is 0 Å². The van der Waals surface area contributed by atoms with Crippen LogP contribution in [0.25, 0.3) is 0 Å². The van der Waals surface area contributed by atoms with E-state index in [1.54, 1.807) is 13.0 Å². The maximum Gasteiger partial charge on any atom is 0.0824 e. The largest absolute Gasteiger partial charge is 0.389 e. The molecule has 0 radical (unpaired) electrons. The summed E-state index contributed by atoms with van der Waals surface area (Å²) in [7, 11) is 0. The van der Waals surface area contributed by atoms with Crippen molar-refractivity contribution in [1.82, 2.24) is 0 Å². The summed E-state index contributed by atoms with van der Waals surface area (Å²) in [5.74, 6) is 0. The molecule has 0 bridgehead atoms. The summed E-state index contributed by atoms with van der Waals surface area (Å²) < 4.78 is 0. The first-order valence-electron chi connectivity index (χ1n) is 8.26. The molecule has 0 aliphatic heterocycles. The summed E-state index contributed by atoms with van der Waals surface area (Å²) in [5.41, 5.74) is 2.32. The summed E-state index contributed by atoms with van der Waals surface area (Å²) in [6.07, 6.45) is 8.77. The third kappa shape index (κ3) is 12.0. The Balaban J connectivity index is 4.34. The topological polar surface area (TPSA) is 60.7 Å². The molecule has 0 aliphatic rings. The molecule has 0 heterocycles. The SMILES string of the molecule is C=C[C@@](C)(O)C[C@@H](O)/C=C(\C)CC/C=C(\C)C[C@@H](O)C=C(C)C. The lowest BCUT2D eigenvalue weighted by molar-refractivity contribution is 0.0574. The molecular formula is C20H34O3. The Hall–Kier alpha value is -1.16. The molecule has 0 rings (SSSR count). The first-order chi connectivity index (χ1) is 10.6. The van der Waals surface area contributed by atoms with Gasteiger partial charge in [-0.15, -0.1) is 6.58 Å². The van der Waals surface area contributed by atoms with Crippen molar-refractivity contribution in [3.8, 4) is 0 Å². The molecule has 23 heavy (non-hydrogen) atoms. The highest BCUT2D eigenvalue weighted by molar-refractivity contribution is 5.09. The van der Waals surface area contributed by atoms with Gasteiger partial charge < -0.3 is 15.3 Å². The van der Waals surface area contributed by atoms with E-state index in [1.165, 1.54) is 6.08 Å². The van der Waals surface area contributed by atoms with Gasteiger partial charge in [0.25, 0.3) is 0 Å². The molecule has 0 aliphatic carbocycles. The minimum atomic E-state index is -1.05. The van der Waals surface area contributed by atoms with Crippen LogP contribution < -0.4 is 0 Å². The molecule has 0 unspecified atom stereocenters. The molecule has 3 N–H and O–H groups in total. The van der Waals surface area contributed by atoms with Crippen molar-refractivity contribution in [2.24, 2.45) is 0 Å². The zero-order valence-corrected chi connectivity index (χ0v) is 15.3. The Morgan fingerprint density at radius 2 is 1.65 bits per heavy atom. The summed E-state index contributed by atoms with van der Waals surface area (Å²) in [4.78, 5) is 0. The predicted octanol–water partition coefficient (Wildman–Crippen LogP) is 4.06. The highest BCUT2D eigenvalue weighted by Gasteiger charge is 2.19. The molecule has 0 amide bonds. The smallest absolute Gasteiger partial charge is 0.0824 e. The highest BCUT2D eigenvalue weighted by Crippen LogP contribution is 2.17. The van der Waals surface area contributed by atoms with Crippen LogP contribution in [0.15, 0.2) is 47.6 Å². The van der Waals surface area contributed by atoms with E-state index in [4.69, 9.17) is 0 Å². The Morgan fingerprint density at radius 1 is 1.04 bits per heavy atom. The van der Waals surface area contributed by atoms with E-state index < -0.39 is 17.8 Å². The second kappa shape index (κ2) is 10.6. The summed E-state index contributed by atoms with van der Waals surface area (Å²) >= 11 is 0. The van der Waals surface area contributed by atoms with Gasteiger partial charge in [0.1, 0.15) is 0 Å². The third-order valence-electron chi connectivity index (χ3n) is 3.63. The van der Waals surface area contributed by atoms with E-state index in [0.717, 1.165) is 29.6 Å². The molecule has 3 nitrogen and oxygen atoms in total. The van der Waals surface area contributed by atoms with Crippen LogP contribution in [0, 0.1) is 0 Å². The van der Waals surface area contributed by atoms with Gasteiger partial charge in [-0.2, -0.15) is 0 Å². The second-order valence-corrected chi connectivity index (χ2v) is 6.95. The number of hydrogen-bond donors (Lipinski definition) is 3. The van der Waals surface area contributed by atoms with Crippen molar-refractivity contribution >= 4 is 0 Å². The number of aliphatic hydroxyl groups is 3. The van der Waals surface area contributed by atoms with Crippen molar-refractivity contribution in [2.75, 3.05) is 0 Å². The lowest BCUT2D eigenvalue weighted by Crippen LogP contribution is -2.26. The number of rotatable bonds is 10. The van der Waals surface area contributed by atoms with E-state index in [9.17, 15) is 15.3 Å². The molecule has 0 fully saturated rings. The summed E-state index contributed by atoms with van der Waals surface area (Å²) in [5, 5.41) is 29.7. The van der Waals surface area contributed by atoms with Gasteiger partial charge in [0.15, 0.2) is 0 Å². The summed E-state index contributed by atoms with van der Waals surface area (Å²) in [6, 6.07) is 0. The van der Waals surface area contributed by atoms with Gasteiger partial charge in [-0.3, -0.25) is 0 Å². The van der Waals surface area contributed by atoms with E-state index in [-0.39, 0.29) is 6.42 Å². The molecule has 0 aromatic heterocycles. The van der Waals surface area contributed by atoms with Crippen molar-refractivity contribution in [3.63, 3.8) is 0 Å². The van der Waals surface area contributed by atoms with Gasteiger partial charge in [0.2, 0.25) is 0 Å². The predicted molar refractivity (Wildman–Crippen MR) is 98.2 cm³/mol. The second-order valence-electron chi connectivity index (χ2n) is 6.95. The maximum atomic E-state index is 9.96. The molecule has 3 atom stereocenters. The van der Waals surface area contributed by atoms with Crippen molar-refractivity contribution in [3.05, 3.63) is 47.6 Å². The number of hydrogen-bond acceptors (Lipinski definition) is 3. The van der Waals surface area contributed by atoms with Gasteiger partial charge in [0.05, 0.1) is 17.8 Å². The number of aliphatic hydroxyl groups excluding tert-OH is 2. The summed E-state index contributed by atoms with van der Waals surface area (Å²) in [6.45, 7) is 13.2. The monoisotopic (exact) mass is 322 g/mol. The van der Waals surface area contributed by atoms with Crippen LogP contribution in [-0.2, 0) is 0 Å². The normalized spacial score (nSPS) is 18.1. The van der Waals surface area contributed by atoms with Gasteiger partial charge >= 0.3 is 0 Å². The zero-order chi connectivity index (χ0) is 18.0. The third-order valence-corrected chi connectivity index (χ3v) is 3.63. The van der Waals surface area contributed by atoms with Crippen LogP contribution in [0.1, 0.15) is 60.3 Å².